The molecule has 1 aliphatic rings. The van der Waals surface area contributed by atoms with Gasteiger partial charge in [-0.15, -0.1) is 11.3 Å². The minimum atomic E-state index is -0.102. The van der Waals surface area contributed by atoms with Crippen LogP contribution < -0.4 is 10.6 Å². The molecule has 0 amide bonds. The quantitative estimate of drug-likeness (QED) is 0.865. The van der Waals surface area contributed by atoms with Crippen molar-refractivity contribution in [2.24, 2.45) is 11.8 Å². The maximum absolute atomic E-state index is 12.3. The highest BCUT2D eigenvalue weighted by Gasteiger charge is 2.26. The van der Waals surface area contributed by atoms with Crippen molar-refractivity contribution in [3.63, 3.8) is 0 Å². The highest BCUT2D eigenvalue weighted by atomic mass is 32.1. The Kier molecular flexibility index (Phi) is 4.89. The number of nitrogen functional groups attached to an aromatic ring is 1. The molecule has 0 saturated carbocycles. The van der Waals surface area contributed by atoms with Gasteiger partial charge >= 0.3 is 0 Å². The van der Waals surface area contributed by atoms with Crippen LogP contribution >= 0.6 is 11.3 Å². The Hall–Kier alpha value is -1.54. The zero-order valence-corrected chi connectivity index (χ0v) is 13.8. The molecule has 0 bridgehead atoms. The van der Waals surface area contributed by atoms with Gasteiger partial charge in [0.1, 0.15) is 16.6 Å². The van der Waals surface area contributed by atoms with E-state index < -0.39 is 0 Å². The minimum absolute atomic E-state index is 0.0310. The molecule has 114 valence electrons. The summed E-state index contributed by atoms with van der Waals surface area (Å²) in [4.78, 5) is 15.0. The summed E-state index contributed by atoms with van der Waals surface area (Å²) in [6, 6.07) is 2.20. The molecule has 1 unspecified atom stereocenters. The standard InChI is InChI=1S/C16H23N3OS/c1-10(2)14(20)15-13(18)12(9-17)16(21-15)19-7-4-5-11(3)6-8-19/h10-11H,4-8,18H2,1-3H3. The number of carbonyl (C=O) groups is 1. The molecular formula is C16H23N3OS. The van der Waals surface area contributed by atoms with E-state index in [2.05, 4.69) is 17.9 Å². The Bertz CT molecular complexity index is 571. The van der Waals surface area contributed by atoms with Crippen molar-refractivity contribution < 1.29 is 4.79 Å². The van der Waals surface area contributed by atoms with Crippen molar-refractivity contribution in [2.45, 2.75) is 40.0 Å². The number of carbonyl (C=O) groups excluding carboxylic acids is 1. The van der Waals surface area contributed by atoms with Crippen LogP contribution in [0, 0.1) is 23.2 Å². The van der Waals surface area contributed by atoms with E-state index >= 15 is 0 Å². The van der Waals surface area contributed by atoms with E-state index in [1.54, 1.807) is 0 Å². The molecule has 1 atom stereocenters. The lowest BCUT2D eigenvalue weighted by Gasteiger charge is -2.21. The summed E-state index contributed by atoms with van der Waals surface area (Å²) >= 11 is 1.39. The third-order valence-electron chi connectivity index (χ3n) is 4.09. The molecule has 0 spiro atoms. The van der Waals surface area contributed by atoms with Gasteiger partial charge in [-0.2, -0.15) is 5.26 Å². The highest BCUT2D eigenvalue weighted by Crippen LogP contribution is 2.40. The largest absolute Gasteiger partial charge is 0.396 e. The summed E-state index contributed by atoms with van der Waals surface area (Å²) in [5.74, 6) is 0.646. The number of nitrogens with zero attached hydrogens (tertiary/aromatic N) is 2. The molecule has 0 aromatic carbocycles. The van der Waals surface area contributed by atoms with Gasteiger partial charge in [0.2, 0.25) is 0 Å². The van der Waals surface area contributed by atoms with Gasteiger partial charge in [-0.1, -0.05) is 20.8 Å². The van der Waals surface area contributed by atoms with E-state index in [4.69, 9.17) is 5.73 Å². The van der Waals surface area contributed by atoms with Gasteiger partial charge in [-0.25, -0.2) is 0 Å². The van der Waals surface area contributed by atoms with Crippen LogP contribution in [-0.4, -0.2) is 18.9 Å². The van der Waals surface area contributed by atoms with E-state index in [-0.39, 0.29) is 11.7 Å². The third-order valence-corrected chi connectivity index (χ3v) is 5.37. The van der Waals surface area contributed by atoms with Gasteiger partial charge in [0.25, 0.3) is 0 Å². The van der Waals surface area contributed by atoms with Crippen molar-refractivity contribution >= 4 is 27.8 Å². The Balaban J connectivity index is 2.37. The Morgan fingerprint density at radius 2 is 2.14 bits per heavy atom. The molecular weight excluding hydrogens is 282 g/mol. The normalized spacial score (nSPS) is 19.4. The summed E-state index contributed by atoms with van der Waals surface area (Å²) in [6.45, 7) is 7.87. The number of hydrogen-bond donors (Lipinski definition) is 1. The number of hydrogen-bond acceptors (Lipinski definition) is 5. The number of thiophene rings is 1. The Morgan fingerprint density at radius 3 is 2.76 bits per heavy atom. The van der Waals surface area contributed by atoms with Crippen LogP contribution in [0.15, 0.2) is 0 Å². The van der Waals surface area contributed by atoms with Gasteiger partial charge in [0, 0.05) is 19.0 Å². The fourth-order valence-corrected chi connectivity index (χ4v) is 3.98. The maximum Gasteiger partial charge on any atom is 0.177 e. The lowest BCUT2D eigenvalue weighted by atomic mass is 10.0. The van der Waals surface area contributed by atoms with Crippen LogP contribution in [0.5, 0.6) is 0 Å². The van der Waals surface area contributed by atoms with E-state index in [9.17, 15) is 10.1 Å². The predicted octanol–water partition coefficient (Wildman–Crippen LogP) is 3.67. The Labute approximate surface area is 130 Å². The first-order valence-corrected chi connectivity index (χ1v) is 8.38. The van der Waals surface area contributed by atoms with E-state index in [1.165, 1.54) is 17.8 Å². The van der Waals surface area contributed by atoms with Crippen LogP contribution in [-0.2, 0) is 0 Å². The maximum atomic E-state index is 12.3. The number of ketones is 1. The topological polar surface area (TPSA) is 70.1 Å². The molecule has 1 aliphatic heterocycles. The smallest absolute Gasteiger partial charge is 0.177 e. The average Bonchev–Trinajstić information content (AvgIpc) is 2.62. The summed E-state index contributed by atoms with van der Waals surface area (Å²) in [7, 11) is 0. The summed E-state index contributed by atoms with van der Waals surface area (Å²) in [5.41, 5.74) is 6.92. The van der Waals surface area contributed by atoms with Crippen LogP contribution in [0.4, 0.5) is 10.7 Å². The number of Topliss-reactive ketones (excluding diaryl/α,β-unsaturated/α-hetero) is 1. The molecule has 1 aromatic heterocycles. The molecule has 0 aliphatic carbocycles. The highest BCUT2D eigenvalue weighted by molar-refractivity contribution is 7.19. The van der Waals surface area contributed by atoms with Gasteiger partial charge in [-0.3, -0.25) is 4.79 Å². The van der Waals surface area contributed by atoms with Crippen molar-refractivity contribution in [2.75, 3.05) is 23.7 Å². The second-order valence-electron chi connectivity index (χ2n) is 6.18. The second-order valence-corrected chi connectivity index (χ2v) is 7.18. The van der Waals surface area contributed by atoms with Crippen molar-refractivity contribution in [3.8, 4) is 6.07 Å². The molecule has 1 aromatic rings. The minimum Gasteiger partial charge on any atom is -0.396 e. The first-order chi connectivity index (χ1) is 9.95. The number of nitrogens with two attached hydrogens (primary N) is 1. The lowest BCUT2D eigenvalue weighted by Crippen LogP contribution is -2.23. The SMILES string of the molecule is CC1CCCN(c2sc(C(=O)C(C)C)c(N)c2C#N)CC1. The Morgan fingerprint density at radius 1 is 1.43 bits per heavy atom. The van der Waals surface area contributed by atoms with Crippen LogP contribution in [0.2, 0.25) is 0 Å². The van der Waals surface area contributed by atoms with Crippen LogP contribution in [0.1, 0.15) is 55.3 Å². The van der Waals surface area contributed by atoms with Gasteiger partial charge in [-0.05, 0) is 25.2 Å². The lowest BCUT2D eigenvalue weighted by molar-refractivity contribution is 0.0944. The van der Waals surface area contributed by atoms with E-state index in [1.807, 2.05) is 13.8 Å². The van der Waals surface area contributed by atoms with Crippen molar-refractivity contribution in [1.29, 1.82) is 5.26 Å². The van der Waals surface area contributed by atoms with Crippen LogP contribution in [0.3, 0.4) is 0 Å². The zero-order chi connectivity index (χ0) is 15.6. The molecule has 1 fully saturated rings. The number of rotatable bonds is 3. The molecule has 2 N–H and O–H groups in total. The van der Waals surface area contributed by atoms with E-state index in [0.29, 0.717) is 16.1 Å². The van der Waals surface area contributed by atoms with Crippen molar-refractivity contribution in [1.82, 2.24) is 0 Å². The summed E-state index contributed by atoms with van der Waals surface area (Å²) < 4.78 is 0. The molecule has 2 rings (SSSR count). The van der Waals surface area contributed by atoms with Gasteiger partial charge in [0.15, 0.2) is 5.78 Å². The first-order valence-electron chi connectivity index (χ1n) is 7.57. The van der Waals surface area contributed by atoms with Crippen molar-refractivity contribution in [3.05, 3.63) is 10.4 Å². The predicted molar refractivity (Wildman–Crippen MR) is 87.8 cm³/mol. The monoisotopic (exact) mass is 305 g/mol. The fourth-order valence-electron chi connectivity index (χ4n) is 2.67. The summed E-state index contributed by atoms with van der Waals surface area (Å²) in [6.07, 6.45) is 3.46. The van der Waals surface area contributed by atoms with Gasteiger partial charge in [0.05, 0.1) is 10.6 Å². The molecule has 0 radical (unpaired) electrons. The van der Waals surface area contributed by atoms with Gasteiger partial charge < -0.3 is 10.6 Å². The van der Waals surface area contributed by atoms with Crippen LogP contribution in [0.25, 0.3) is 0 Å². The number of nitriles is 1. The average molecular weight is 305 g/mol. The molecule has 2 heterocycles. The summed E-state index contributed by atoms with van der Waals surface area (Å²) in [5, 5.41) is 10.3. The molecule has 5 heteroatoms. The first kappa shape index (κ1) is 15.8. The fraction of sp³-hybridized carbons (Fsp3) is 0.625. The zero-order valence-electron chi connectivity index (χ0n) is 13.0. The molecule has 1 saturated heterocycles. The third kappa shape index (κ3) is 3.21. The second kappa shape index (κ2) is 6.48. The molecule has 21 heavy (non-hydrogen) atoms. The molecule has 4 nitrogen and oxygen atoms in total. The number of anilines is 2. The van der Waals surface area contributed by atoms with E-state index in [0.717, 1.165) is 36.9 Å².